The first-order valence-corrected chi connectivity index (χ1v) is 31.5. The van der Waals surface area contributed by atoms with Gasteiger partial charge in [0.15, 0.2) is 42.8 Å². The summed E-state index contributed by atoms with van der Waals surface area (Å²) in [6.45, 7) is 19.0. The Balaban J connectivity index is 0.0000113. The fourth-order valence-electron chi connectivity index (χ4n) is 10.5. The largest absolute Gasteiger partial charge is 0.668 e. The molecule has 3 amide bonds. The van der Waals surface area contributed by atoms with Gasteiger partial charge in [-0.05, 0) is 98.8 Å². The molecule has 5 rings (SSSR count). The van der Waals surface area contributed by atoms with E-state index in [1.54, 1.807) is 6.08 Å². The van der Waals surface area contributed by atoms with E-state index in [0.29, 0.717) is 6.42 Å². The first kappa shape index (κ1) is 85.6. The van der Waals surface area contributed by atoms with Gasteiger partial charge in [0.05, 0.1) is 37.6 Å². The molecule has 34 heteroatoms. The molecule has 4 aliphatic heterocycles. The van der Waals surface area contributed by atoms with Gasteiger partial charge in [-0.15, -0.1) is 0 Å². The van der Waals surface area contributed by atoms with Crippen molar-refractivity contribution in [2.45, 2.75) is 248 Å². The summed E-state index contributed by atoms with van der Waals surface area (Å²) in [4.78, 5) is 65.8. The Bertz CT molecular complexity index is 2700. The van der Waals surface area contributed by atoms with E-state index >= 15 is 0 Å². The van der Waals surface area contributed by atoms with Crippen molar-refractivity contribution in [2.24, 2.45) is 16.9 Å². The Morgan fingerprint density at radius 2 is 1.37 bits per heavy atom. The predicted octanol–water partition coefficient (Wildman–Crippen LogP) is 3.41. The summed E-state index contributed by atoms with van der Waals surface area (Å²) in [5.74, 6) is -3.65. The van der Waals surface area contributed by atoms with Gasteiger partial charge in [-0.3, -0.25) is 28.7 Å². The van der Waals surface area contributed by atoms with Crippen molar-refractivity contribution in [1.82, 2.24) is 5.32 Å². The molecule has 5 aliphatic rings. The van der Waals surface area contributed by atoms with Crippen LogP contribution in [0.15, 0.2) is 70.7 Å². The Morgan fingerprint density at radius 1 is 0.796 bits per heavy atom. The number of phosphoric ester groups is 1. The Hall–Kier alpha value is -1.61. The molecule has 4 heterocycles. The number of amides is 3. The second-order valence-electron chi connectivity index (χ2n) is 24.7. The van der Waals surface area contributed by atoms with Crippen LogP contribution < -0.4 is 16.8 Å². The number of carbonyl (C=O) groups is 4. The number of phosphoric acid groups is 1. The molecular weight excluding hydrogens is 1680 g/mol. The molecule has 0 aromatic carbocycles. The van der Waals surface area contributed by atoms with E-state index in [-0.39, 0.29) is 113 Å². The predicted molar refractivity (Wildman–Crippen MR) is 320 cm³/mol. The van der Waals surface area contributed by atoms with Gasteiger partial charge >= 0.3 is 13.9 Å². The Morgan fingerprint density at radius 3 is 1.91 bits per heavy atom. The van der Waals surface area contributed by atoms with Crippen molar-refractivity contribution in [3.8, 4) is 0 Å². The average Bonchev–Trinajstić information content (AvgIpc) is 1.15. The maximum atomic E-state index is 13.7. The first-order chi connectivity index (χ1) is 42.5. The fraction of sp³-hybridized carbons (Fsp3) is 0.729. The van der Waals surface area contributed by atoms with Crippen LogP contribution in [-0.2, 0) is 75.5 Å². The van der Waals surface area contributed by atoms with Gasteiger partial charge in [0.2, 0.25) is 5.91 Å². The molecule has 1 aliphatic carbocycles. The number of hydrogen-bond donors (Lipinski definition) is 12. The summed E-state index contributed by atoms with van der Waals surface area (Å²) in [5.41, 5.74) is 30.3. The number of aliphatic hydroxyl groups is 7. The number of nitrogens with two attached hydrogens (primary N) is 2. The molecule has 4 fully saturated rings. The summed E-state index contributed by atoms with van der Waals surface area (Å²) in [7, 11) is -5.48. The number of ether oxygens (including phenoxy) is 9. The maximum Gasteiger partial charge on any atom is 0.474 e. The van der Waals surface area contributed by atoms with Crippen molar-refractivity contribution in [3.63, 3.8) is 0 Å². The van der Waals surface area contributed by atoms with E-state index in [2.05, 4.69) is 75.7 Å². The first-order valence-electron chi connectivity index (χ1n) is 30.0. The van der Waals surface area contributed by atoms with Crippen LogP contribution in [-0.4, -0.2) is 218 Å². The number of nitrogens with one attached hydrogen (secondary N) is 3. The number of hydrogen-bond acceptors (Lipinski definition) is 25. The second kappa shape index (κ2) is 38.8. The second-order valence-corrected chi connectivity index (χ2v) is 26.1. The molecule has 0 saturated carbocycles. The van der Waals surface area contributed by atoms with Gasteiger partial charge in [0.25, 0.3) is 5.91 Å². The van der Waals surface area contributed by atoms with Crippen LogP contribution in [0.25, 0.3) is 11.5 Å². The average molecular weight is 1770 g/mol. The molecule has 0 aromatic heterocycles. The minimum atomic E-state index is -5.48. The molecular formula is C59H94Ac2N5O26P-2. The van der Waals surface area contributed by atoms with Crippen molar-refractivity contribution < 1.29 is 214 Å². The quantitative estimate of drug-likeness (QED) is 0.0199. The number of allylic oxidation sites excluding steroid dienone is 10. The minimum absolute atomic E-state index is 0. The van der Waals surface area contributed by atoms with Crippen LogP contribution >= 0.6 is 7.82 Å². The van der Waals surface area contributed by atoms with Gasteiger partial charge in [-0.1, -0.05) is 85.2 Å². The Kier molecular flexibility index (Phi) is 35.7. The summed E-state index contributed by atoms with van der Waals surface area (Å²) in [6.07, 6.45) is -18.9. The SMILES string of the molecule is C=C(C/C=C(\C)CCC=C(C)C)CCC(C)(C)/C=C/CC/C(C)=C\COC(COO)COP(=O)(O)OC1OC(C(N)=O)C(C)(O)C(OC(N)=O)C1OC1OC(C)C(OC2OC(C)C(OC3OC(C(=O)NC4=C(O)CCC4=O)C(O)C(O)C3O)C(O)C2[NH-])C(O)C1[NH-].[Ac].[Ac]. The van der Waals surface area contributed by atoms with Crippen molar-refractivity contribution >= 4 is 31.5 Å². The van der Waals surface area contributed by atoms with E-state index in [1.165, 1.54) is 30.6 Å². The molecule has 0 bridgehead atoms. The van der Waals surface area contributed by atoms with Crippen LogP contribution in [0.4, 0.5) is 4.79 Å². The van der Waals surface area contributed by atoms with E-state index in [0.717, 1.165) is 51.0 Å². The van der Waals surface area contributed by atoms with Crippen molar-refractivity contribution in [2.75, 3.05) is 19.8 Å². The van der Waals surface area contributed by atoms with Crippen molar-refractivity contribution in [3.05, 3.63) is 82.2 Å². The zero-order valence-electron chi connectivity index (χ0n) is 53.8. The number of carbonyl (C=O) groups excluding carboxylic acids is 4. The van der Waals surface area contributed by atoms with E-state index in [1.807, 2.05) is 6.92 Å². The molecule has 22 unspecified atom stereocenters. The summed E-state index contributed by atoms with van der Waals surface area (Å²) in [6, 6.07) is -3.81. The zero-order valence-corrected chi connectivity index (χ0v) is 64.2. The molecule has 2 radical (unpaired) electrons. The monoisotopic (exact) mass is 1770 g/mol. The fourth-order valence-corrected chi connectivity index (χ4v) is 11.4. The standard InChI is InChI=1S/C59H94N5O26P.2Ac/c1-28(2)14-13-16-29(3)17-18-31(5)21-24-58(8,9)23-12-11-15-30(4)22-25-79-34(26-80-76)27-81-91(77,78)90-56-48(49(89-57(63)74)59(10,75)50(88-56)51(62)72)87-54-38(61)40(67)45(32(6)83-54)84-53-37(60)41(68)46(33(7)82-53)85-55-44(71)42(69)43(70)47(86-55)52(73)64-39-35(65)19-20-36(39)66;;/h12,14,17,22-23,32-34,37-38,40-50,53-56,60-61,65,67-71,75-76H,5,11,13,15-16,18-21,24-27H2,1-4,6-10H3,(H2,62,72)(H2,63,74)(H,64,73)(H,77,78);;/q-2;;/b23-12+,29-17+,30-22-;;. The smallest absolute Gasteiger partial charge is 0.474 e. The van der Waals surface area contributed by atoms with Gasteiger partial charge in [0.1, 0.15) is 72.9 Å². The molecule has 0 spiro atoms. The topological polar surface area (TPSA) is 490 Å². The zero-order chi connectivity index (χ0) is 68.0. The van der Waals surface area contributed by atoms with Gasteiger partial charge in [0, 0.05) is 101 Å². The minimum Gasteiger partial charge on any atom is -0.668 e. The summed E-state index contributed by atoms with van der Waals surface area (Å²) in [5, 5.41) is 88.2. The molecule has 4 saturated heterocycles. The van der Waals surface area contributed by atoms with E-state index in [9.17, 15) is 69.6 Å². The van der Waals surface area contributed by atoms with Crippen LogP contribution in [0.3, 0.4) is 0 Å². The van der Waals surface area contributed by atoms with Gasteiger partial charge in [-0.2, -0.15) is 0 Å². The third-order valence-corrected chi connectivity index (χ3v) is 17.0. The number of primary amides is 2. The molecule has 524 valence electrons. The van der Waals surface area contributed by atoms with E-state index < -0.39 is 184 Å². The third-order valence-electron chi connectivity index (χ3n) is 16.1. The maximum absolute atomic E-state index is 13.7. The summed E-state index contributed by atoms with van der Waals surface area (Å²) < 4.78 is 75.8. The van der Waals surface area contributed by atoms with Crippen LogP contribution in [0.2, 0.25) is 0 Å². The van der Waals surface area contributed by atoms with Crippen LogP contribution in [0.5, 0.6) is 0 Å². The molecule has 31 nitrogen and oxygen atoms in total. The van der Waals surface area contributed by atoms with Gasteiger partial charge < -0.3 is 112 Å². The van der Waals surface area contributed by atoms with Gasteiger partial charge in [-0.25, -0.2) is 14.2 Å². The molecule has 16 N–H and O–H groups in total. The third kappa shape index (κ3) is 24.9. The van der Waals surface area contributed by atoms with Crippen LogP contribution in [0.1, 0.15) is 120 Å². The number of Topliss-reactive ketones (excluding diaryl/α,β-unsaturated/α-hetero) is 1. The molecule has 93 heavy (non-hydrogen) atoms. The normalized spacial score (nSPS) is 34.7. The van der Waals surface area contributed by atoms with Crippen molar-refractivity contribution in [1.29, 1.82) is 0 Å². The number of aliphatic hydroxyl groups excluding tert-OH is 6. The summed E-state index contributed by atoms with van der Waals surface area (Å²) >= 11 is 0. The Labute approximate surface area is 612 Å². The van der Waals surface area contributed by atoms with E-state index in [4.69, 9.17) is 74.6 Å². The molecule has 22 atom stereocenters. The number of ketones is 1. The van der Waals surface area contributed by atoms with Crippen LogP contribution in [0, 0.1) is 93.5 Å². The number of rotatable bonds is 32. The molecule has 0 aromatic rings.